The van der Waals surface area contributed by atoms with E-state index in [-0.39, 0.29) is 0 Å². The molecule has 0 aliphatic carbocycles. The summed E-state index contributed by atoms with van der Waals surface area (Å²) in [5.41, 5.74) is 9.05. The molecular formula is C24H25N3. The molecule has 0 N–H and O–H groups in total. The first-order valence-electron chi connectivity index (χ1n) is 9.15. The van der Waals surface area contributed by atoms with Crippen LogP contribution in [0.2, 0.25) is 0 Å². The van der Waals surface area contributed by atoms with Crippen molar-refractivity contribution in [3.8, 4) is 0 Å². The summed E-state index contributed by atoms with van der Waals surface area (Å²) in [5.74, 6) is 0. The average molecular weight is 355 g/mol. The van der Waals surface area contributed by atoms with Gasteiger partial charge in [0.1, 0.15) is 0 Å². The van der Waals surface area contributed by atoms with Crippen LogP contribution < -0.4 is 0 Å². The van der Waals surface area contributed by atoms with Crippen LogP contribution in [0.25, 0.3) is 0 Å². The van der Waals surface area contributed by atoms with Gasteiger partial charge in [0, 0.05) is 0 Å². The average Bonchev–Trinajstić information content (AvgIpc) is 2.66. The Bertz CT molecular complexity index is 992. The van der Waals surface area contributed by atoms with E-state index in [1.54, 1.807) is 0 Å². The van der Waals surface area contributed by atoms with Crippen LogP contribution in [-0.2, 0) is 0 Å². The third-order valence-corrected chi connectivity index (χ3v) is 4.54. The highest BCUT2D eigenvalue weighted by Gasteiger charge is 2.07. The number of hydrogen-bond acceptors (Lipinski definition) is 3. The van der Waals surface area contributed by atoms with Gasteiger partial charge in [0.25, 0.3) is 0 Å². The zero-order valence-electron chi connectivity index (χ0n) is 16.6. The summed E-state index contributed by atoms with van der Waals surface area (Å²) in [5, 5.41) is 0. The minimum atomic E-state index is 0.865. The highest BCUT2D eigenvalue weighted by molar-refractivity contribution is 6.02. The Morgan fingerprint density at radius 3 is 1.78 bits per heavy atom. The molecule has 3 nitrogen and oxygen atoms in total. The molecule has 0 saturated carbocycles. The Morgan fingerprint density at radius 1 is 0.667 bits per heavy atom. The van der Waals surface area contributed by atoms with Crippen molar-refractivity contribution in [2.75, 3.05) is 0 Å². The van der Waals surface area contributed by atoms with Gasteiger partial charge in [-0.05, 0) is 70.0 Å². The van der Waals surface area contributed by atoms with Crippen molar-refractivity contribution in [3.05, 3.63) is 88.7 Å². The number of aliphatic imine (C=N–C) groups is 2. The molecule has 136 valence electrons. The lowest BCUT2D eigenvalue weighted by Gasteiger charge is -2.08. The first kappa shape index (κ1) is 18.7. The van der Waals surface area contributed by atoms with Crippen LogP contribution in [0.5, 0.6) is 0 Å². The molecular weight excluding hydrogens is 330 g/mol. The second-order valence-corrected chi connectivity index (χ2v) is 6.88. The van der Waals surface area contributed by atoms with Crippen LogP contribution in [0.15, 0.2) is 70.6 Å². The number of para-hydroxylation sites is 1. The van der Waals surface area contributed by atoms with E-state index < -0.39 is 0 Å². The number of pyridine rings is 1. The Labute approximate surface area is 161 Å². The molecule has 0 aliphatic rings. The lowest BCUT2D eigenvalue weighted by atomic mass is 10.1. The number of aryl methyl sites for hydroxylation is 3. The highest BCUT2D eigenvalue weighted by Crippen LogP contribution is 2.24. The van der Waals surface area contributed by atoms with Crippen LogP contribution in [0.4, 0.5) is 11.4 Å². The van der Waals surface area contributed by atoms with Crippen molar-refractivity contribution in [3.63, 3.8) is 0 Å². The van der Waals surface area contributed by atoms with Gasteiger partial charge in [-0.25, -0.2) is 4.98 Å². The fraction of sp³-hybridized carbons (Fsp3) is 0.208. The maximum Gasteiger partial charge on any atom is 0.0849 e. The lowest BCUT2D eigenvalue weighted by molar-refractivity contribution is 1.23. The summed E-state index contributed by atoms with van der Waals surface area (Å²) in [6.07, 6.45) is 0. The summed E-state index contributed by atoms with van der Waals surface area (Å²) >= 11 is 0. The molecule has 1 aromatic heterocycles. The smallest absolute Gasteiger partial charge is 0.0849 e. The van der Waals surface area contributed by atoms with E-state index in [1.807, 2.05) is 44.2 Å². The molecule has 0 amide bonds. The molecule has 0 unspecified atom stereocenters. The van der Waals surface area contributed by atoms with Gasteiger partial charge in [0.2, 0.25) is 0 Å². The Balaban J connectivity index is 1.93. The minimum Gasteiger partial charge on any atom is -0.252 e. The summed E-state index contributed by atoms with van der Waals surface area (Å²) in [6.45, 7) is 10.2. The van der Waals surface area contributed by atoms with E-state index in [2.05, 4.69) is 51.1 Å². The van der Waals surface area contributed by atoms with E-state index in [9.17, 15) is 0 Å². The third-order valence-electron chi connectivity index (χ3n) is 4.54. The monoisotopic (exact) mass is 355 g/mol. The second kappa shape index (κ2) is 8.09. The van der Waals surface area contributed by atoms with Crippen molar-refractivity contribution >= 4 is 22.8 Å². The molecule has 2 aromatic carbocycles. The normalized spacial score (nSPS) is 12.3. The molecule has 0 aliphatic heterocycles. The van der Waals surface area contributed by atoms with Crippen molar-refractivity contribution in [2.45, 2.75) is 34.6 Å². The van der Waals surface area contributed by atoms with Crippen LogP contribution in [-0.4, -0.2) is 16.4 Å². The summed E-state index contributed by atoms with van der Waals surface area (Å²) < 4.78 is 0. The van der Waals surface area contributed by atoms with Gasteiger partial charge in [0.15, 0.2) is 0 Å². The zero-order chi connectivity index (χ0) is 19.4. The molecule has 0 spiro atoms. The third kappa shape index (κ3) is 4.56. The first-order chi connectivity index (χ1) is 12.9. The van der Waals surface area contributed by atoms with Gasteiger partial charge in [0.05, 0.1) is 34.2 Å². The second-order valence-electron chi connectivity index (χ2n) is 6.88. The number of hydrogen-bond donors (Lipinski definition) is 0. The standard InChI is InChI=1S/C24H25N3/c1-16-12-14-21(15-13-16)25-19(4)22-10-7-11-23(27-22)20(5)26-24-17(2)8-6-9-18(24)3/h6-15H,1-5H3. The largest absolute Gasteiger partial charge is 0.252 e. The fourth-order valence-corrected chi connectivity index (χ4v) is 2.91. The predicted octanol–water partition coefficient (Wildman–Crippen LogP) is 6.29. The molecule has 1 heterocycles. The van der Waals surface area contributed by atoms with Crippen molar-refractivity contribution in [2.24, 2.45) is 9.98 Å². The maximum absolute atomic E-state index is 4.84. The van der Waals surface area contributed by atoms with Gasteiger partial charge in [-0.15, -0.1) is 0 Å². The van der Waals surface area contributed by atoms with E-state index in [0.29, 0.717) is 0 Å². The Kier molecular flexibility index (Phi) is 5.60. The number of aromatic nitrogens is 1. The fourth-order valence-electron chi connectivity index (χ4n) is 2.91. The maximum atomic E-state index is 4.84. The predicted molar refractivity (Wildman–Crippen MR) is 115 cm³/mol. The summed E-state index contributed by atoms with van der Waals surface area (Å²) in [7, 11) is 0. The molecule has 0 bridgehead atoms. The summed E-state index contributed by atoms with van der Waals surface area (Å²) in [6, 6.07) is 20.4. The molecule has 0 saturated heterocycles. The van der Waals surface area contributed by atoms with Gasteiger partial charge < -0.3 is 0 Å². The SMILES string of the molecule is CC(=Nc1ccc(C)cc1)c1cccc(C(C)=Nc2c(C)cccc2C)n1. The molecule has 0 atom stereocenters. The van der Waals surface area contributed by atoms with Crippen LogP contribution >= 0.6 is 0 Å². The van der Waals surface area contributed by atoms with Gasteiger partial charge in [-0.1, -0.05) is 42.0 Å². The van der Waals surface area contributed by atoms with Gasteiger partial charge in [-0.2, -0.15) is 0 Å². The molecule has 3 heteroatoms. The van der Waals surface area contributed by atoms with E-state index >= 15 is 0 Å². The highest BCUT2D eigenvalue weighted by atomic mass is 14.8. The number of rotatable bonds is 4. The molecule has 27 heavy (non-hydrogen) atoms. The van der Waals surface area contributed by atoms with Gasteiger partial charge >= 0.3 is 0 Å². The Hall–Kier alpha value is -3.07. The van der Waals surface area contributed by atoms with Crippen molar-refractivity contribution in [1.29, 1.82) is 0 Å². The lowest BCUT2D eigenvalue weighted by Crippen LogP contribution is -2.05. The number of nitrogens with zero attached hydrogens (tertiary/aromatic N) is 3. The number of benzene rings is 2. The van der Waals surface area contributed by atoms with E-state index in [4.69, 9.17) is 15.0 Å². The Morgan fingerprint density at radius 2 is 1.19 bits per heavy atom. The van der Waals surface area contributed by atoms with Crippen molar-refractivity contribution < 1.29 is 0 Å². The van der Waals surface area contributed by atoms with Crippen molar-refractivity contribution in [1.82, 2.24) is 4.98 Å². The molecule has 3 aromatic rings. The van der Waals surface area contributed by atoms with Crippen LogP contribution in [0.1, 0.15) is 41.9 Å². The molecule has 0 fully saturated rings. The van der Waals surface area contributed by atoms with Gasteiger partial charge in [-0.3, -0.25) is 9.98 Å². The summed E-state index contributed by atoms with van der Waals surface area (Å²) in [4.78, 5) is 14.3. The van der Waals surface area contributed by atoms with Crippen LogP contribution in [0, 0.1) is 20.8 Å². The minimum absolute atomic E-state index is 0.865. The quantitative estimate of drug-likeness (QED) is 0.507. The molecule has 0 radical (unpaired) electrons. The topological polar surface area (TPSA) is 37.6 Å². The zero-order valence-corrected chi connectivity index (χ0v) is 16.6. The van der Waals surface area contributed by atoms with Crippen LogP contribution in [0.3, 0.4) is 0 Å². The van der Waals surface area contributed by atoms with E-state index in [0.717, 1.165) is 34.2 Å². The van der Waals surface area contributed by atoms with E-state index in [1.165, 1.54) is 16.7 Å². The first-order valence-corrected chi connectivity index (χ1v) is 9.15. The molecule has 3 rings (SSSR count).